The number of aromatic amines is 1. The molecule has 0 saturated carbocycles. The fourth-order valence-corrected chi connectivity index (χ4v) is 3.07. The van der Waals surface area contributed by atoms with Crippen LogP contribution in [0, 0.1) is 18.8 Å². The van der Waals surface area contributed by atoms with E-state index in [0.29, 0.717) is 12.0 Å². The number of aliphatic hydroxyl groups excluding tert-OH is 1. The number of aliphatic hydroxyl groups is 1. The van der Waals surface area contributed by atoms with Gasteiger partial charge >= 0.3 is 5.69 Å². The van der Waals surface area contributed by atoms with E-state index >= 15 is 0 Å². The molecule has 2 aliphatic heterocycles. The number of aryl methyl sites for hydroxylation is 1. The molecule has 0 amide bonds. The van der Waals surface area contributed by atoms with Crippen molar-refractivity contribution < 1.29 is 19.3 Å². The second-order valence-corrected chi connectivity index (χ2v) is 6.58. The maximum absolute atomic E-state index is 11.9. The molecule has 2 fully saturated rings. The summed E-state index contributed by atoms with van der Waals surface area (Å²) in [5.41, 5.74) is -0.562. The van der Waals surface area contributed by atoms with Gasteiger partial charge in [-0.25, -0.2) is 4.79 Å². The van der Waals surface area contributed by atoms with E-state index in [2.05, 4.69) is 16.8 Å². The zero-order chi connectivity index (χ0) is 18.5. The Hall–Kier alpha value is -1.92. The molecule has 4 atom stereocenters. The van der Waals surface area contributed by atoms with Gasteiger partial charge in [0.1, 0.15) is 12.8 Å². The molecule has 142 valence electrons. The third-order valence-electron chi connectivity index (χ3n) is 4.57. The third kappa shape index (κ3) is 4.62. The first-order valence-electron chi connectivity index (χ1n) is 8.89. The van der Waals surface area contributed by atoms with Crippen LogP contribution in [0.2, 0.25) is 0 Å². The average molecular weight is 364 g/mol. The number of aromatic nitrogens is 2. The predicted octanol–water partition coefficient (Wildman–Crippen LogP) is 0.430. The highest BCUT2D eigenvalue weighted by Crippen LogP contribution is 2.29. The number of hydrogen-bond donors (Lipinski definition) is 2. The molecule has 8 heteroatoms. The highest BCUT2D eigenvalue weighted by atomic mass is 16.7. The zero-order valence-corrected chi connectivity index (χ0v) is 14.8. The van der Waals surface area contributed by atoms with Crippen LogP contribution < -0.4 is 11.2 Å². The monoisotopic (exact) mass is 364 g/mol. The molecule has 8 nitrogen and oxygen atoms in total. The smallest absolute Gasteiger partial charge is 0.330 e. The molecule has 0 aliphatic carbocycles. The van der Waals surface area contributed by atoms with Crippen LogP contribution in [0.5, 0.6) is 0 Å². The van der Waals surface area contributed by atoms with Gasteiger partial charge in [0.05, 0.1) is 12.2 Å². The number of hydrogen-bond acceptors (Lipinski definition) is 6. The molecule has 0 radical (unpaired) electrons. The maximum Gasteiger partial charge on any atom is 0.330 e. The zero-order valence-electron chi connectivity index (χ0n) is 14.8. The number of nitrogens with one attached hydrogen (secondary N) is 1. The number of rotatable bonds is 4. The highest BCUT2D eigenvalue weighted by Gasteiger charge is 2.35. The lowest BCUT2D eigenvalue weighted by molar-refractivity contribution is -0.154. The largest absolute Gasteiger partial charge is 0.390 e. The van der Waals surface area contributed by atoms with E-state index in [-0.39, 0.29) is 19.3 Å². The summed E-state index contributed by atoms with van der Waals surface area (Å²) in [6.45, 7) is 2.61. The minimum Gasteiger partial charge on any atom is -0.390 e. The first-order valence-corrected chi connectivity index (χ1v) is 8.89. The molecule has 1 unspecified atom stereocenters. The normalized spacial score (nSPS) is 28.5. The quantitative estimate of drug-likeness (QED) is 0.751. The molecule has 2 N–H and O–H groups in total. The van der Waals surface area contributed by atoms with Gasteiger partial charge in [-0.2, -0.15) is 0 Å². The van der Waals surface area contributed by atoms with E-state index in [1.54, 1.807) is 6.92 Å². The van der Waals surface area contributed by atoms with Gasteiger partial charge in [0, 0.05) is 31.2 Å². The Morgan fingerprint density at radius 2 is 2.23 bits per heavy atom. The molecule has 0 spiro atoms. The molecule has 3 heterocycles. The van der Waals surface area contributed by atoms with Crippen LogP contribution in [0.1, 0.15) is 43.9 Å². The first kappa shape index (κ1) is 18.9. The summed E-state index contributed by atoms with van der Waals surface area (Å²) < 4.78 is 18.0. The van der Waals surface area contributed by atoms with Gasteiger partial charge in [-0.15, -0.1) is 0 Å². The van der Waals surface area contributed by atoms with Crippen LogP contribution in [0.15, 0.2) is 15.8 Å². The van der Waals surface area contributed by atoms with Crippen molar-refractivity contribution in [3.8, 4) is 11.8 Å². The predicted molar refractivity (Wildman–Crippen MR) is 92.5 cm³/mol. The highest BCUT2D eigenvalue weighted by molar-refractivity contribution is 5.04. The SMILES string of the molecule is Cc1cn([C@@H]2C[C@@H](O)[C@@H](CC#CCOC3CCCCO3)O2)c(=O)[nH]c1=O. The minimum absolute atomic E-state index is 0.175. The number of nitrogens with zero attached hydrogens (tertiary/aromatic N) is 1. The number of ether oxygens (including phenoxy) is 3. The van der Waals surface area contributed by atoms with Gasteiger partial charge in [0.2, 0.25) is 0 Å². The van der Waals surface area contributed by atoms with Crippen LogP contribution >= 0.6 is 0 Å². The molecular weight excluding hydrogens is 340 g/mol. The van der Waals surface area contributed by atoms with Crippen LogP contribution in [-0.4, -0.2) is 46.4 Å². The van der Waals surface area contributed by atoms with E-state index in [1.165, 1.54) is 10.8 Å². The van der Waals surface area contributed by atoms with E-state index in [9.17, 15) is 14.7 Å². The van der Waals surface area contributed by atoms with Crippen molar-refractivity contribution in [2.24, 2.45) is 0 Å². The van der Waals surface area contributed by atoms with Crippen LogP contribution in [0.4, 0.5) is 0 Å². The van der Waals surface area contributed by atoms with Crippen molar-refractivity contribution in [3.63, 3.8) is 0 Å². The van der Waals surface area contributed by atoms with E-state index in [4.69, 9.17) is 14.2 Å². The van der Waals surface area contributed by atoms with Gasteiger partial charge in [-0.1, -0.05) is 11.8 Å². The Morgan fingerprint density at radius 3 is 3.00 bits per heavy atom. The van der Waals surface area contributed by atoms with E-state index in [0.717, 1.165) is 25.9 Å². The van der Waals surface area contributed by atoms with E-state index in [1.807, 2.05) is 0 Å². The minimum atomic E-state index is -0.726. The van der Waals surface area contributed by atoms with Crippen LogP contribution in [0.3, 0.4) is 0 Å². The molecule has 0 bridgehead atoms. The van der Waals surface area contributed by atoms with Crippen molar-refractivity contribution in [1.29, 1.82) is 0 Å². The van der Waals surface area contributed by atoms with Crippen LogP contribution in [-0.2, 0) is 14.2 Å². The first-order chi connectivity index (χ1) is 12.5. The molecule has 1 aromatic heterocycles. The third-order valence-corrected chi connectivity index (χ3v) is 4.57. The summed E-state index contributed by atoms with van der Waals surface area (Å²) in [5, 5.41) is 10.2. The summed E-state index contributed by atoms with van der Waals surface area (Å²) in [5.74, 6) is 5.85. The Morgan fingerprint density at radius 1 is 1.38 bits per heavy atom. The Bertz CT molecular complexity index is 783. The molecule has 26 heavy (non-hydrogen) atoms. The lowest BCUT2D eigenvalue weighted by atomic mass is 10.1. The molecule has 0 aromatic carbocycles. The maximum atomic E-state index is 11.9. The summed E-state index contributed by atoms with van der Waals surface area (Å²) in [6.07, 6.45) is 3.11. The lowest BCUT2D eigenvalue weighted by Gasteiger charge is -2.21. The number of H-pyrrole nitrogens is 1. The van der Waals surface area contributed by atoms with Crippen LogP contribution in [0.25, 0.3) is 0 Å². The fraction of sp³-hybridized carbons (Fsp3) is 0.667. The topological polar surface area (TPSA) is 103 Å². The lowest BCUT2D eigenvalue weighted by Crippen LogP contribution is -2.33. The van der Waals surface area contributed by atoms with Gasteiger partial charge in [0.25, 0.3) is 5.56 Å². The molecule has 3 rings (SSSR count). The van der Waals surface area contributed by atoms with Crippen molar-refractivity contribution in [2.45, 2.75) is 63.8 Å². The van der Waals surface area contributed by atoms with Gasteiger partial charge in [-0.05, 0) is 26.2 Å². The molecule has 1 aromatic rings. The van der Waals surface area contributed by atoms with Gasteiger partial charge in [0.15, 0.2) is 6.29 Å². The summed E-state index contributed by atoms with van der Waals surface area (Å²) in [7, 11) is 0. The Kier molecular flexibility index (Phi) is 6.27. The Balaban J connectivity index is 1.51. The summed E-state index contributed by atoms with van der Waals surface area (Å²) in [4.78, 5) is 25.6. The fourth-order valence-electron chi connectivity index (χ4n) is 3.07. The molecule has 2 saturated heterocycles. The van der Waals surface area contributed by atoms with Crippen molar-refractivity contribution in [1.82, 2.24) is 9.55 Å². The molecular formula is C18H24N2O6. The summed E-state index contributed by atoms with van der Waals surface area (Å²) >= 11 is 0. The Labute approximate surface area is 151 Å². The van der Waals surface area contributed by atoms with Crippen molar-refractivity contribution >= 4 is 0 Å². The van der Waals surface area contributed by atoms with Gasteiger partial charge < -0.3 is 19.3 Å². The second-order valence-electron chi connectivity index (χ2n) is 6.58. The second kappa shape index (κ2) is 8.64. The van der Waals surface area contributed by atoms with Crippen molar-refractivity contribution in [2.75, 3.05) is 13.2 Å². The average Bonchev–Trinajstić information content (AvgIpc) is 2.99. The van der Waals surface area contributed by atoms with Crippen molar-refractivity contribution in [3.05, 3.63) is 32.6 Å². The van der Waals surface area contributed by atoms with Gasteiger partial charge in [-0.3, -0.25) is 14.3 Å². The van der Waals surface area contributed by atoms with E-state index < -0.39 is 29.7 Å². The summed E-state index contributed by atoms with van der Waals surface area (Å²) in [6, 6.07) is 0. The standard InChI is InChI=1S/C18H24N2O6/c1-12-11-20(18(23)19-17(12)22)15-10-13(21)14(26-15)6-2-4-8-24-16-7-3-5-9-25-16/h11,13-16,21H,3,5-10H2,1H3,(H,19,22,23)/t13-,14-,15+,16?/m1/s1. The molecule has 2 aliphatic rings.